The summed E-state index contributed by atoms with van der Waals surface area (Å²) in [6.45, 7) is 5.46. The van der Waals surface area contributed by atoms with Gasteiger partial charge in [-0.15, -0.1) is 21.9 Å². The van der Waals surface area contributed by atoms with Gasteiger partial charge in [-0.05, 0) is 26.3 Å². The summed E-state index contributed by atoms with van der Waals surface area (Å²) in [6.07, 6.45) is -2.61. The predicted molar refractivity (Wildman–Crippen MR) is 117 cm³/mol. The average molecular weight is 482 g/mol. The van der Waals surface area contributed by atoms with Gasteiger partial charge in [0, 0.05) is 5.75 Å². The number of amides is 2. The van der Waals surface area contributed by atoms with Crippen molar-refractivity contribution in [3.63, 3.8) is 0 Å². The Balaban J connectivity index is 1.48. The molecule has 3 fully saturated rings. The molecule has 11 nitrogen and oxygen atoms in total. The van der Waals surface area contributed by atoms with Crippen LogP contribution in [0.2, 0.25) is 0 Å². The quantitative estimate of drug-likeness (QED) is 0.495. The molecule has 1 aromatic carbocycles. The highest BCUT2D eigenvalue weighted by atomic mass is 32.2. The molecule has 3 saturated heterocycles. The largest absolute Gasteiger partial charge is 0.444 e. The number of hydrogen-bond donors (Lipinski definition) is 1. The number of benzene rings is 1. The first-order chi connectivity index (χ1) is 15.6. The monoisotopic (exact) mass is 481 g/mol. The first-order valence-electron chi connectivity index (χ1n) is 10.7. The fourth-order valence-corrected chi connectivity index (χ4v) is 5.61. The molecule has 2 amide bonds. The zero-order valence-corrected chi connectivity index (χ0v) is 19.4. The van der Waals surface area contributed by atoms with Gasteiger partial charge in [-0.1, -0.05) is 30.3 Å². The first kappa shape index (κ1) is 23.6. The number of nitrogens with one attached hydrogen (secondary N) is 1. The van der Waals surface area contributed by atoms with Crippen LogP contribution in [0, 0.1) is 10.1 Å². The molecule has 33 heavy (non-hydrogen) atoms. The molecule has 0 saturated carbocycles. The van der Waals surface area contributed by atoms with Crippen molar-refractivity contribution in [2.75, 3.05) is 19.0 Å². The normalized spacial score (nSPS) is 31.2. The van der Waals surface area contributed by atoms with E-state index in [-0.39, 0.29) is 24.5 Å². The second-order valence-electron chi connectivity index (χ2n) is 9.08. The lowest BCUT2D eigenvalue weighted by molar-refractivity contribution is -0.769. The highest BCUT2D eigenvalue weighted by Gasteiger charge is 2.51. The van der Waals surface area contributed by atoms with Gasteiger partial charge in [-0.25, -0.2) is 4.79 Å². The van der Waals surface area contributed by atoms with Crippen LogP contribution in [-0.4, -0.2) is 77.0 Å². The summed E-state index contributed by atoms with van der Waals surface area (Å²) in [7, 11) is 0. The van der Waals surface area contributed by atoms with Crippen LogP contribution in [-0.2, 0) is 23.8 Å². The molecule has 1 N–H and O–H groups in total. The van der Waals surface area contributed by atoms with Crippen molar-refractivity contribution in [3.05, 3.63) is 46.0 Å². The lowest BCUT2D eigenvalue weighted by Gasteiger charge is -2.32. The van der Waals surface area contributed by atoms with Crippen molar-refractivity contribution < 1.29 is 33.7 Å². The van der Waals surface area contributed by atoms with Crippen LogP contribution < -0.4 is 5.32 Å². The Bertz CT molecular complexity index is 895. The second kappa shape index (κ2) is 9.35. The van der Waals surface area contributed by atoms with Crippen LogP contribution in [0.15, 0.2) is 30.3 Å². The molecule has 0 aromatic heterocycles. The molecule has 2 unspecified atom stereocenters. The number of hydrogen-bond acceptors (Lipinski definition) is 9. The molecule has 3 aliphatic rings. The van der Waals surface area contributed by atoms with E-state index in [0.29, 0.717) is 5.75 Å². The van der Waals surface area contributed by atoms with Crippen LogP contribution in [0.5, 0.6) is 0 Å². The van der Waals surface area contributed by atoms with Crippen LogP contribution >= 0.6 is 11.8 Å². The van der Waals surface area contributed by atoms with Gasteiger partial charge >= 0.3 is 6.09 Å². The molecule has 0 spiro atoms. The van der Waals surface area contributed by atoms with E-state index in [1.807, 2.05) is 30.3 Å². The van der Waals surface area contributed by atoms with E-state index < -0.39 is 47.2 Å². The molecule has 3 heterocycles. The SMILES string of the molecule is CC(C)(C)OC(=O)N1C(C(=O)N[C@H]2CO[C@H]3[C@@H]2OC[C@@H]3O[N+](=O)[O-])CSC1c1ccccc1. The average Bonchev–Trinajstić information content (AvgIpc) is 3.44. The first-order valence-corrected chi connectivity index (χ1v) is 11.7. The van der Waals surface area contributed by atoms with Gasteiger partial charge in [-0.2, -0.15) is 0 Å². The van der Waals surface area contributed by atoms with Crippen LogP contribution in [0.3, 0.4) is 0 Å². The number of carbonyl (C=O) groups excluding carboxylic acids is 2. The molecule has 12 heteroatoms. The molecule has 0 aliphatic carbocycles. The highest BCUT2D eigenvalue weighted by molar-refractivity contribution is 7.99. The lowest BCUT2D eigenvalue weighted by Crippen LogP contribution is -2.54. The number of nitrogens with zero attached hydrogens (tertiary/aromatic N) is 2. The lowest BCUT2D eigenvalue weighted by atomic mass is 10.1. The van der Waals surface area contributed by atoms with Crippen molar-refractivity contribution in [1.82, 2.24) is 10.2 Å². The van der Waals surface area contributed by atoms with Crippen LogP contribution in [0.25, 0.3) is 0 Å². The Labute approximate surface area is 195 Å². The zero-order valence-electron chi connectivity index (χ0n) is 18.5. The number of carbonyl (C=O) groups is 2. The molecule has 6 atom stereocenters. The van der Waals surface area contributed by atoms with Crippen LogP contribution in [0.4, 0.5) is 4.79 Å². The predicted octanol–water partition coefficient (Wildman–Crippen LogP) is 1.90. The van der Waals surface area contributed by atoms with E-state index in [2.05, 4.69) is 10.2 Å². The van der Waals surface area contributed by atoms with E-state index >= 15 is 0 Å². The van der Waals surface area contributed by atoms with E-state index in [4.69, 9.17) is 14.2 Å². The molecule has 0 radical (unpaired) electrons. The Kier molecular flexibility index (Phi) is 6.68. The maximum atomic E-state index is 13.3. The van der Waals surface area contributed by atoms with Gasteiger partial charge < -0.3 is 24.4 Å². The zero-order chi connectivity index (χ0) is 23.8. The molecular weight excluding hydrogens is 454 g/mol. The standard InChI is InChI=1S/C21H27N3O8S/c1-21(2,3)31-20(26)23-14(11-33-19(23)12-7-5-4-6-8-12)18(25)22-13-9-29-17-15(32-24(27)28)10-30-16(13)17/h4-8,13-17,19H,9-11H2,1-3H3,(H,22,25)/t13-,14?,15-,16+,17+,19?/m0/s1. The minimum atomic E-state index is -0.871. The van der Waals surface area contributed by atoms with Crippen molar-refractivity contribution in [1.29, 1.82) is 0 Å². The minimum Gasteiger partial charge on any atom is -0.444 e. The summed E-state index contributed by atoms with van der Waals surface area (Å²) in [5.41, 5.74) is 0.176. The topological polar surface area (TPSA) is 129 Å². The fraction of sp³-hybridized carbons (Fsp3) is 0.619. The third-order valence-electron chi connectivity index (χ3n) is 5.55. The van der Waals surface area contributed by atoms with Gasteiger partial charge in [0.15, 0.2) is 6.10 Å². The Morgan fingerprint density at radius 1 is 1.18 bits per heavy atom. The molecule has 1 aromatic rings. The van der Waals surface area contributed by atoms with Gasteiger partial charge in [0.05, 0.1) is 19.3 Å². The summed E-state index contributed by atoms with van der Waals surface area (Å²) < 4.78 is 16.8. The maximum absolute atomic E-state index is 13.3. The van der Waals surface area contributed by atoms with Gasteiger partial charge in [0.2, 0.25) is 5.91 Å². The molecular formula is C21H27N3O8S. The summed E-state index contributed by atoms with van der Waals surface area (Å²) >= 11 is 1.49. The molecule has 180 valence electrons. The van der Waals surface area contributed by atoms with Crippen LogP contribution in [0.1, 0.15) is 31.7 Å². The number of ether oxygens (including phenoxy) is 3. The molecule has 3 aliphatic heterocycles. The minimum absolute atomic E-state index is 0.00206. The van der Waals surface area contributed by atoms with Gasteiger partial charge in [0.25, 0.3) is 5.09 Å². The summed E-state index contributed by atoms with van der Waals surface area (Å²) in [6, 6.07) is 8.20. The Morgan fingerprint density at radius 3 is 2.55 bits per heavy atom. The summed E-state index contributed by atoms with van der Waals surface area (Å²) in [5, 5.41) is 12.3. The summed E-state index contributed by atoms with van der Waals surface area (Å²) in [5.74, 6) is 0.0310. The fourth-order valence-electron chi connectivity index (χ4n) is 4.19. The van der Waals surface area contributed by atoms with Crippen molar-refractivity contribution >= 4 is 23.8 Å². The smallest absolute Gasteiger partial charge is 0.412 e. The van der Waals surface area contributed by atoms with E-state index in [1.165, 1.54) is 16.7 Å². The van der Waals surface area contributed by atoms with Crippen molar-refractivity contribution in [2.24, 2.45) is 0 Å². The number of fused-ring (bicyclic) bond motifs is 1. The number of thioether (sulfide) groups is 1. The van der Waals surface area contributed by atoms with E-state index in [1.54, 1.807) is 20.8 Å². The maximum Gasteiger partial charge on any atom is 0.412 e. The van der Waals surface area contributed by atoms with E-state index in [9.17, 15) is 19.7 Å². The Morgan fingerprint density at radius 2 is 1.88 bits per heavy atom. The third kappa shape index (κ3) is 5.17. The molecule has 0 bridgehead atoms. The number of rotatable bonds is 5. The van der Waals surface area contributed by atoms with E-state index in [0.717, 1.165) is 5.56 Å². The van der Waals surface area contributed by atoms with Gasteiger partial charge in [0.1, 0.15) is 29.2 Å². The molecule has 4 rings (SSSR count). The van der Waals surface area contributed by atoms with Gasteiger partial charge in [-0.3, -0.25) is 9.69 Å². The highest BCUT2D eigenvalue weighted by Crippen LogP contribution is 2.42. The van der Waals surface area contributed by atoms with Crippen molar-refractivity contribution in [3.8, 4) is 0 Å². The summed E-state index contributed by atoms with van der Waals surface area (Å²) in [4.78, 5) is 43.2. The third-order valence-corrected chi connectivity index (χ3v) is 6.87. The van der Waals surface area contributed by atoms with Crippen molar-refractivity contribution in [2.45, 2.75) is 62.1 Å². The Hall–Kier alpha value is -2.57. The second-order valence-corrected chi connectivity index (χ2v) is 10.2.